The van der Waals surface area contributed by atoms with E-state index in [-0.39, 0.29) is 17.9 Å². The number of carbonyl (C=O) groups excluding carboxylic acids is 2. The number of carbonyl (C=O) groups is 2. The van der Waals surface area contributed by atoms with Gasteiger partial charge in [0.15, 0.2) is 0 Å². The molecule has 1 N–H and O–H groups in total. The Hall–Kier alpha value is -2.35. The molecule has 2 rings (SSSR count). The van der Waals surface area contributed by atoms with E-state index in [9.17, 15) is 9.59 Å². The number of nitrogens with zero attached hydrogens (tertiary/aromatic N) is 2. The van der Waals surface area contributed by atoms with Crippen LogP contribution < -0.4 is 5.32 Å². The Bertz CT molecular complexity index is 562. The molecule has 104 valence electrons. The van der Waals surface area contributed by atoms with Gasteiger partial charge in [-0.3, -0.25) is 9.59 Å². The van der Waals surface area contributed by atoms with Crippen molar-refractivity contribution < 1.29 is 9.59 Å². The van der Waals surface area contributed by atoms with E-state index in [1.165, 1.54) is 0 Å². The first-order valence-corrected chi connectivity index (χ1v) is 6.72. The number of nitrogens with one attached hydrogen (secondary N) is 1. The maximum absolute atomic E-state index is 12.1. The van der Waals surface area contributed by atoms with Crippen molar-refractivity contribution in [3.63, 3.8) is 0 Å². The molecule has 0 aromatic heterocycles. The second-order valence-electron chi connectivity index (χ2n) is 4.72. The maximum atomic E-state index is 12.1. The summed E-state index contributed by atoms with van der Waals surface area (Å²) in [6, 6.07) is 8.89. The fourth-order valence-electron chi connectivity index (χ4n) is 2.49. The summed E-state index contributed by atoms with van der Waals surface area (Å²) >= 11 is 0. The van der Waals surface area contributed by atoms with Crippen LogP contribution in [0.3, 0.4) is 0 Å². The van der Waals surface area contributed by atoms with Crippen LogP contribution in [0.15, 0.2) is 24.3 Å². The standard InChI is InChI=1S/C15H17N3O2/c1-2-18-13(7-8-14(18)19)15(20)17-10-12-6-4-3-5-11(12)9-16/h3-6,13H,2,7-8,10H2,1H3,(H,17,20)/t13-/m0/s1. The number of likely N-dealkylation sites (N-methyl/N-ethyl adjacent to an activating group) is 1. The zero-order valence-corrected chi connectivity index (χ0v) is 11.4. The van der Waals surface area contributed by atoms with Crippen LogP contribution in [-0.2, 0) is 16.1 Å². The van der Waals surface area contributed by atoms with Crippen molar-refractivity contribution in [2.45, 2.75) is 32.4 Å². The molecule has 0 bridgehead atoms. The average Bonchev–Trinajstić information content (AvgIpc) is 2.86. The number of nitriles is 1. The van der Waals surface area contributed by atoms with Crippen LogP contribution in [0.4, 0.5) is 0 Å². The highest BCUT2D eigenvalue weighted by Crippen LogP contribution is 2.18. The van der Waals surface area contributed by atoms with Gasteiger partial charge in [0.2, 0.25) is 11.8 Å². The number of likely N-dealkylation sites (tertiary alicyclic amines) is 1. The van der Waals surface area contributed by atoms with Crippen molar-refractivity contribution in [1.82, 2.24) is 10.2 Å². The predicted octanol–water partition coefficient (Wildman–Crippen LogP) is 1.19. The van der Waals surface area contributed by atoms with Crippen molar-refractivity contribution in [3.8, 4) is 6.07 Å². The van der Waals surface area contributed by atoms with E-state index in [4.69, 9.17) is 5.26 Å². The molecule has 5 nitrogen and oxygen atoms in total. The first kappa shape index (κ1) is 14.1. The van der Waals surface area contributed by atoms with Crippen molar-refractivity contribution in [2.75, 3.05) is 6.54 Å². The number of rotatable bonds is 4. The second kappa shape index (κ2) is 6.20. The van der Waals surface area contributed by atoms with Crippen LogP contribution >= 0.6 is 0 Å². The minimum absolute atomic E-state index is 0.0325. The third-order valence-corrected chi connectivity index (χ3v) is 3.56. The van der Waals surface area contributed by atoms with E-state index >= 15 is 0 Å². The van der Waals surface area contributed by atoms with Crippen LogP contribution in [0, 0.1) is 11.3 Å². The fourth-order valence-corrected chi connectivity index (χ4v) is 2.49. The minimum Gasteiger partial charge on any atom is -0.350 e. The molecule has 0 saturated carbocycles. The quantitative estimate of drug-likeness (QED) is 0.893. The van der Waals surface area contributed by atoms with Gasteiger partial charge in [-0.25, -0.2) is 0 Å². The Morgan fingerprint density at radius 2 is 2.25 bits per heavy atom. The van der Waals surface area contributed by atoms with Gasteiger partial charge in [0.05, 0.1) is 11.6 Å². The lowest BCUT2D eigenvalue weighted by molar-refractivity contribution is -0.135. The molecule has 1 atom stereocenters. The van der Waals surface area contributed by atoms with Crippen LogP contribution in [0.1, 0.15) is 30.9 Å². The summed E-state index contributed by atoms with van der Waals surface area (Å²) in [5.41, 5.74) is 1.35. The summed E-state index contributed by atoms with van der Waals surface area (Å²) in [7, 11) is 0. The van der Waals surface area contributed by atoms with Crippen molar-refractivity contribution in [3.05, 3.63) is 35.4 Å². The first-order valence-electron chi connectivity index (χ1n) is 6.72. The van der Waals surface area contributed by atoms with Crippen LogP contribution in [0.25, 0.3) is 0 Å². The third-order valence-electron chi connectivity index (χ3n) is 3.56. The Labute approximate surface area is 118 Å². The largest absolute Gasteiger partial charge is 0.350 e. The molecule has 1 aliphatic heterocycles. The topological polar surface area (TPSA) is 73.2 Å². The second-order valence-corrected chi connectivity index (χ2v) is 4.72. The zero-order chi connectivity index (χ0) is 14.5. The highest BCUT2D eigenvalue weighted by Gasteiger charge is 2.34. The molecule has 0 radical (unpaired) electrons. The lowest BCUT2D eigenvalue weighted by Gasteiger charge is -2.22. The zero-order valence-electron chi connectivity index (χ0n) is 11.4. The van der Waals surface area contributed by atoms with Crippen molar-refractivity contribution in [2.24, 2.45) is 0 Å². The van der Waals surface area contributed by atoms with Gasteiger partial charge < -0.3 is 10.2 Å². The lowest BCUT2D eigenvalue weighted by Crippen LogP contribution is -2.44. The number of hydrogen-bond donors (Lipinski definition) is 1. The number of amides is 2. The monoisotopic (exact) mass is 271 g/mol. The van der Waals surface area contributed by atoms with Gasteiger partial charge in [-0.15, -0.1) is 0 Å². The molecule has 1 aliphatic rings. The summed E-state index contributed by atoms with van der Waals surface area (Å²) in [5, 5.41) is 11.8. The van der Waals surface area contributed by atoms with Gasteiger partial charge in [0.25, 0.3) is 0 Å². The Balaban J connectivity index is 1.99. The summed E-state index contributed by atoms with van der Waals surface area (Å²) in [5.74, 6) is -0.115. The summed E-state index contributed by atoms with van der Waals surface area (Å²) in [4.78, 5) is 25.3. The lowest BCUT2D eigenvalue weighted by atomic mass is 10.1. The third kappa shape index (κ3) is 2.80. The first-order chi connectivity index (χ1) is 9.67. The van der Waals surface area contributed by atoms with Gasteiger partial charge in [-0.1, -0.05) is 18.2 Å². The maximum Gasteiger partial charge on any atom is 0.243 e. The Kier molecular flexibility index (Phi) is 4.36. The highest BCUT2D eigenvalue weighted by atomic mass is 16.2. The van der Waals surface area contributed by atoms with Crippen LogP contribution in [-0.4, -0.2) is 29.3 Å². The van der Waals surface area contributed by atoms with E-state index < -0.39 is 0 Å². The fraction of sp³-hybridized carbons (Fsp3) is 0.400. The molecule has 5 heteroatoms. The predicted molar refractivity (Wildman–Crippen MR) is 73.4 cm³/mol. The van der Waals surface area contributed by atoms with E-state index in [0.29, 0.717) is 31.5 Å². The smallest absolute Gasteiger partial charge is 0.243 e. The molecular weight excluding hydrogens is 254 g/mol. The molecule has 0 spiro atoms. The van der Waals surface area contributed by atoms with E-state index in [1.807, 2.05) is 19.1 Å². The molecule has 2 amide bonds. The highest BCUT2D eigenvalue weighted by molar-refractivity contribution is 5.90. The number of hydrogen-bond acceptors (Lipinski definition) is 3. The van der Waals surface area contributed by atoms with E-state index in [1.54, 1.807) is 17.0 Å². The van der Waals surface area contributed by atoms with Gasteiger partial charge in [-0.05, 0) is 25.0 Å². The summed E-state index contributed by atoms with van der Waals surface area (Å²) < 4.78 is 0. The van der Waals surface area contributed by atoms with E-state index in [0.717, 1.165) is 5.56 Å². The molecule has 0 aliphatic carbocycles. The molecule has 1 fully saturated rings. The number of benzene rings is 1. The SMILES string of the molecule is CCN1C(=O)CC[C@H]1C(=O)NCc1ccccc1C#N. The summed E-state index contributed by atoms with van der Waals surface area (Å²) in [6.07, 6.45) is 0.999. The van der Waals surface area contributed by atoms with Gasteiger partial charge in [0, 0.05) is 19.5 Å². The molecule has 20 heavy (non-hydrogen) atoms. The van der Waals surface area contributed by atoms with Crippen molar-refractivity contribution >= 4 is 11.8 Å². The van der Waals surface area contributed by atoms with Gasteiger partial charge >= 0.3 is 0 Å². The molecule has 0 unspecified atom stereocenters. The minimum atomic E-state index is -0.373. The Morgan fingerprint density at radius 3 is 2.95 bits per heavy atom. The van der Waals surface area contributed by atoms with Crippen LogP contribution in [0.2, 0.25) is 0 Å². The molecular formula is C15H17N3O2. The van der Waals surface area contributed by atoms with Crippen LogP contribution in [0.5, 0.6) is 0 Å². The molecule has 1 heterocycles. The molecule has 1 aromatic rings. The molecule has 1 aromatic carbocycles. The van der Waals surface area contributed by atoms with E-state index in [2.05, 4.69) is 11.4 Å². The van der Waals surface area contributed by atoms with Gasteiger partial charge in [0.1, 0.15) is 6.04 Å². The summed E-state index contributed by atoms with van der Waals surface area (Å²) in [6.45, 7) is 2.73. The Morgan fingerprint density at radius 1 is 1.50 bits per heavy atom. The molecule has 1 saturated heterocycles. The normalized spacial score (nSPS) is 17.9. The average molecular weight is 271 g/mol. The van der Waals surface area contributed by atoms with Crippen molar-refractivity contribution in [1.29, 1.82) is 5.26 Å². The van der Waals surface area contributed by atoms with Gasteiger partial charge in [-0.2, -0.15) is 5.26 Å².